The third kappa shape index (κ3) is 4.82. The lowest BCUT2D eigenvalue weighted by molar-refractivity contribution is -0.120. The number of amides is 1. The number of rotatable bonds is 6. The van der Waals surface area contributed by atoms with Crippen LogP contribution in [-0.4, -0.2) is 36.5 Å². The third-order valence-corrected chi connectivity index (χ3v) is 4.41. The van der Waals surface area contributed by atoms with Crippen LogP contribution in [0.2, 0.25) is 0 Å². The van der Waals surface area contributed by atoms with Crippen LogP contribution in [-0.2, 0) is 11.3 Å². The highest BCUT2D eigenvalue weighted by Gasteiger charge is 2.22. The number of benzene rings is 1. The average molecular weight is 303 g/mol. The van der Waals surface area contributed by atoms with Gasteiger partial charge in [-0.05, 0) is 51.0 Å². The van der Waals surface area contributed by atoms with Crippen molar-refractivity contribution in [3.63, 3.8) is 0 Å². The normalized spacial score (nSPS) is 17.7. The monoisotopic (exact) mass is 303 g/mol. The third-order valence-electron chi connectivity index (χ3n) is 4.41. The lowest BCUT2D eigenvalue weighted by Crippen LogP contribution is -2.42. The van der Waals surface area contributed by atoms with E-state index in [0.29, 0.717) is 0 Å². The zero-order chi connectivity index (χ0) is 15.8. The number of hydrogen-bond acceptors (Lipinski definition) is 3. The summed E-state index contributed by atoms with van der Waals surface area (Å²) in [5.74, 6) is 0.103. The minimum atomic E-state index is -0.0645. The molecule has 0 aromatic heterocycles. The van der Waals surface area contributed by atoms with Gasteiger partial charge in [-0.15, -0.1) is 0 Å². The number of carbonyl (C=O) groups excluding carboxylic acids is 1. The number of nitrogens with one attached hydrogen (secondary N) is 2. The number of hydrogen-bond donors (Lipinski definition) is 2. The zero-order valence-corrected chi connectivity index (χ0v) is 13.9. The summed E-state index contributed by atoms with van der Waals surface area (Å²) < 4.78 is 0. The second kappa shape index (κ2) is 8.91. The second-order valence-corrected chi connectivity index (χ2v) is 6.05. The summed E-state index contributed by atoms with van der Waals surface area (Å²) in [6.07, 6.45) is 4.98. The first kappa shape index (κ1) is 17.0. The van der Waals surface area contributed by atoms with Gasteiger partial charge in [-0.3, -0.25) is 9.69 Å². The molecule has 2 N–H and O–H groups in total. The van der Waals surface area contributed by atoms with Crippen molar-refractivity contribution < 1.29 is 4.79 Å². The van der Waals surface area contributed by atoms with Crippen LogP contribution in [0.25, 0.3) is 0 Å². The van der Waals surface area contributed by atoms with Crippen molar-refractivity contribution in [3.8, 4) is 0 Å². The average Bonchev–Trinajstić information content (AvgIpc) is 2.82. The van der Waals surface area contributed by atoms with Crippen molar-refractivity contribution >= 4 is 11.6 Å². The minimum absolute atomic E-state index is 0.0645. The Morgan fingerprint density at radius 1 is 1.18 bits per heavy atom. The van der Waals surface area contributed by atoms with Crippen molar-refractivity contribution in [1.82, 2.24) is 10.2 Å². The fourth-order valence-corrected chi connectivity index (χ4v) is 2.94. The maximum Gasteiger partial charge on any atom is 0.241 e. The summed E-state index contributed by atoms with van der Waals surface area (Å²) in [5.41, 5.74) is 2.07. The Morgan fingerprint density at radius 3 is 2.55 bits per heavy atom. The molecule has 4 nitrogen and oxygen atoms in total. The second-order valence-electron chi connectivity index (χ2n) is 6.05. The van der Waals surface area contributed by atoms with Crippen LogP contribution in [0.5, 0.6) is 0 Å². The Morgan fingerprint density at radius 2 is 1.86 bits per heavy atom. The van der Waals surface area contributed by atoms with E-state index in [2.05, 4.69) is 28.5 Å². The molecule has 1 aromatic carbocycles. The molecule has 1 aromatic rings. The topological polar surface area (TPSA) is 44.4 Å². The van der Waals surface area contributed by atoms with Crippen LogP contribution in [0, 0.1) is 0 Å². The number of para-hydroxylation sites is 1. The van der Waals surface area contributed by atoms with E-state index < -0.39 is 0 Å². The number of likely N-dealkylation sites (tertiary alicyclic amines) is 1. The van der Waals surface area contributed by atoms with Gasteiger partial charge in [-0.1, -0.05) is 38.0 Å². The van der Waals surface area contributed by atoms with E-state index in [1.807, 2.05) is 25.1 Å². The van der Waals surface area contributed by atoms with E-state index >= 15 is 0 Å². The van der Waals surface area contributed by atoms with Crippen LogP contribution in [0.4, 0.5) is 5.69 Å². The summed E-state index contributed by atoms with van der Waals surface area (Å²) in [6.45, 7) is 7.88. The molecule has 2 rings (SSSR count). The summed E-state index contributed by atoms with van der Waals surface area (Å²) >= 11 is 0. The zero-order valence-electron chi connectivity index (χ0n) is 13.9. The SMILES string of the molecule is CCNCc1ccccc1NC(=O)C(C)N1CCCCCC1. The van der Waals surface area contributed by atoms with Gasteiger partial charge in [0.2, 0.25) is 5.91 Å². The van der Waals surface area contributed by atoms with Gasteiger partial charge >= 0.3 is 0 Å². The lowest BCUT2D eigenvalue weighted by Gasteiger charge is -2.27. The summed E-state index contributed by atoms with van der Waals surface area (Å²) in [6, 6.07) is 7.97. The molecule has 1 atom stereocenters. The Bertz CT molecular complexity index is 467. The predicted octanol–water partition coefficient (Wildman–Crippen LogP) is 3.00. The number of nitrogens with zero attached hydrogens (tertiary/aromatic N) is 1. The minimum Gasteiger partial charge on any atom is -0.324 e. The van der Waals surface area contributed by atoms with E-state index in [9.17, 15) is 4.79 Å². The fourth-order valence-electron chi connectivity index (χ4n) is 2.94. The quantitative estimate of drug-likeness (QED) is 0.849. The summed E-state index contributed by atoms with van der Waals surface area (Å²) in [4.78, 5) is 14.9. The summed E-state index contributed by atoms with van der Waals surface area (Å²) in [7, 11) is 0. The maximum atomic E-state index is 12.6. The van der Waals surface area contributed by atoms with Crippen molar-refractivity contribution in [2.75, 3.05) is 25.0 Å². The molecule has 1 fully saturated rings. The molecule has 1 saturated heterocycles. The molecule has 1 amide bonds. The highest BCUT2D eigenvalue weighted by molar-refractivity contribution is 5.95. The Balaban J connectivity index is 1.98. The molecule has 0 saturated carbocycles. The molecular formula is C18H29N3O. The molecule has 1 aliphatic rings. The Labute approximate surface area is 134 Å². The Hall–Kier alpha value is -1.39. The predicted molar refractivity (Wildman–Crippen MR) is 92.0 cm³/mol. The molecule has 1 unspecified atom stereocenters. The first-order chi connectivity index (χ1) is 10.7. The van der Waals surface area contributed by atoms with Gasteiger partial charge in [-0.25, -0.2) is 0 Å². The molecular weight excluding hydrogens is 274 g/mol. The number of carbonyl (C=O) groups is 1. The van der Waals surface area contributed by atoms with E-state index in [4.69, 9.17) is 0 Å². The molecule has 0 radical (unpaired) electrons. The van der Waals surface area contributed by atoms with E-state index in [1.165, 1.54) is 25.7 Å². The van der Waals surface area contributed by atoms with Gasteiger partial charge in [0, 0.05) is 12.2 Å². The molecule has 22 heavy (non-hydrogen) atoms. The van der Waals surface area contributed by atoms with Crippen LogP contribution in [0.15, 0.2) is 24.3 Å². The molecule has 122 valence electrons. The van der Waals surface area contributed by atoms with Crippen LogP contribution < -0.4 is 10.6 Å². The molecule has 0 bridgehead atoms. The van der Waals surface area contributed by atoms with Crippen molar-refractivity contribution in [3.05, 3.63) is 29.8 Å². The van der Waals surface area contributed by atoms with Gasteiger partial charge in [-0.2, -0.15) is 0 Å². The first-order valence-corrected chi connectivity index (χ1v) is 8.56. The highest BCUT2D eigenvalue weighted by Crippen LogP contribution is 2.17. The van der Waals surface area contributed by atoms with Gasteiger partial charge in [0.25, 0.3) is 0 Å². The Kier molecular flexibility index (Phi) is 6.87. The first-order valence-electron chi connectivity index (χ1n) is 8.56. The largest absolute Gasteiger partial charge is 0.324 e. The van der Waals surface area contributed by atoms with Gasteiger partial charge in [0.15, 0.2) is 0 Å². The molecule has 4 heteroatoms. The fraction of sp³-hybridized carbons (Fsp3) is 0.611. The van der Waals surface area contributed by atoms with E-state index in [1.54, 1.807) is 0 Å². The molecule has 0 aliphatic carbocycles. The standard InChI is InChI=1S/C18H29N3O/c1-3-19-14-16-10-6-7-11-17(16)20-18(22)15(2)21-12-8-4-5-9-13-21/h6-7,10-11,15,19H,3-5,8-9,12-14H2,1-2H3,(H,20,22). The summed E-state index contributed by atoms with van der Waals surface area (Å²) in [5, 5.41) is 6.43. The molecule has 1 heterocycles. The van der Waals surface area contributed by atoms with Crippen LogP contribution >= 0.6 is 0 Å². The van der Waals surface area contributed by atoms with Gasteiger partial charge in [0.1, 0.15) is 0 Å². The number of anilines is 1. The molecule has 0 spiro atoms. The maximum absolute atomic E-state index is 12.6. The van der Waals surface area contributed by atoms with E-state index in [0.717, 1.165) is 37.4 Å². The van der Waals surface area contributed by atoms with Crippen molar-refractivity contribution in [2.24, 2.45) is 0 Å². The lowest BCUT2D eigenvalue weighted by atomic mass is 10.1. The van der Waals surface area contributed by atoms with Gasteiger partial charge in [0.05, 0.1) is 6.04 Å². The van der Waals surface area contributed by atoms with E-state index in [-0.39, 0.29) is 11.9 Å². The highest BCUT2D eigenvalue weighted by atomic mass is 16.2. The smallest absolute Gasteiger partial charge is 0.241 e. The van der Waals surface area contributed by atoms with Crippen molar-refractivity contribution in [2.45, 2.75) is 52.1 Å². The molecule has 1 aliphatic heterocycles. The van der Waals surface area contributed by atoms with Gasteiger partial charge < -0.3 is 10.6 Å². The van der Waals surface area contributed by atoms with Crippen LogP contribution in [0.3, 0.4) is 0 Å². The van der Waals surface area contributed by atoms with Crippen LogP contribution in [0.1, 0.15) is 45.1 Å². The van der Waals surface area contributed by atoms with Crippen molar-refractivity contribution in [1.29, 1.82) is 0 Å².